The fraction of sp³-hybridized carbons (Fsp3) is 0.0500. The van der Waals surface area contributed by atoms with Gasteiger partial charge in [-0.1, -0.05) is 36.4 Å². The van der Waals surface area contributed by atoms with Gasteiger partial charge in [0.05, 0.1) is 5.69 Å². The van der Waals surface area contributed by atoms with Crippen molar-refractivity contribution in [1.82, 2.24) is 14.5 Å². The van der Waals surface area contributed by atoms with Crippen LogP contribution in [-0.4, -0.2) is 20.4 Å². The number of benzene rings is 2. The predicted octanol–water partition coefficient (Wildman–Crippen LogP) is 3.11. The van der Waals surface area contributed by atoms with Crippen molar-refractivity contribution in [3.05, 3.63) is 89.9 Å². The van der Waals surface area contributed by atoms with Crippen molar-refractivity contribution in [2.45, 2.75) is 6.42 Å². The smallest absolute Gasteiger partial charge is 0.249 e. The lowest BCUT2D eigenvalue weighted by atomic mass is 9.97. The van der Waals surface area contributed by atoms with Gasteiger partial charge >= 0.3 is 0 Å². The minimum atomic E-state index is -0.440. The summed E-state index contributed by atoms with van der Waals surface area (Å²) in [5, 5.41) is 0. The largest absolute Gasteiger partial charge is 0.366 e. The number of hydrogen-bond acceptors (Lipinski definition) is 3. The molecule has 2 aromatic heterocycles. The molecule has 2 heterocycles. The molecular weight excluding hydrogens is 312 g/mol. The molecule has 0 aliphatic heterocycles. The van der Waals surface area contributed by atoms with E-state index >= 15 is 0 Å². The lowest BCUT2D eigenvalue weighted by Gasteiger charge is -2.14. The standard InChI is InChI=1S/C20H16N4O/c21-19(25)15-8-4-10-18(16(15)12-14-6-2-1-3-7-14)24-13-23-17-9-5-11-22-20(17)24/h1-11,13H,12H2,(H2,21,25). The number of imidazole rings is 1. The second kappa shape index (κ2) is 6.20. The first-order valence-corrected chi connectivity index (χ1v) is 7.98. The maximum Gasteiger partial charge on any atom is 0.249 e. The Morgan fingerprint density at radius 3 is 2.60 bits per heavy atom. The van der Waals surface area contributed by atoms with Gasteiger partial charge < -0.3 is 5.73 Å². The number of nitrogens with two attached hydrogens (primary N) is 1. The third-order valence-electron chi connectivity index (χ3n) is 4.21. The van der Waals surface area contributed by atoms with Gasteiger partial charge in [0.15, 0.2) is 5.65 Å². The van der Waals surface area contributed by atoms with E-state index in [0.717, 1.165) is 28.0 Å². The van der Waals surface area contributed by atoms with Gasteiger partial charge in [0.1, 0.15) is 11.8 Å². The van der Waals surface area contributed by atoms with Gasteiger partial charge in [0, 0.05) is 18.2 Å². The number of primary amides is 1. The molecule has 0 radical (unpaired) electrons. The van der Waals surface area contributed by atoms with Crippen LogP contribution in [0.4, 0.5) is 0 Å². The van der Waals surface area contributed by atoms with Crippen LogP contribution in [0.3, 0.4) is 0 Å². The maximum atomic E-state index is 12.0. The van der Waals surface area contributed by atoms with Crippen LogP contribution in [0, 0.1) is 0 Å². The van der Waals surface area contributed by atoms with E-state index in [1.807, 2.05) is 59.2 Å². The van der Waals surface area contributed by atoms with Gasteiger partial charge in [0.25, 0.3) is 0 Å². The first kappa shape index (κ1) is 15.1. The van der Waals surface area contributed by atoms with E-state index in [9.17, 15) is 4.79 Å². The highest BCUT2D eigenvalue weighted by Crippen LogP contribution is 2.25. The van der Waals surface area contributed by atoms with Gasteiger partial charge in [-0.3, -0.25) is 9.36 Å². The average Bonchev–Trinajstić information content (AvgIpc) is 3.06. The molecule has 2 aromatic carbocycles. The molecule has 0 unspecified atom stereocenters. The van der Waals surface area contributed by atoms with Crippen molar-refractivity contribution < 1.29 is 4.79 Å². The van der Waals surface area contributed by atoms with Crippen molar-refractivity contribution >= 4 is 17.1 Å². The highest BCUT2D eigenvalue weighted by Gasteiger charge is 2.16. The fourth-order valence-corrected chi connectivity index (χ4v) is 3.04. The molecule has 0 aliphatic rings. The summed E-state index contributed by atoms with van der Waals surface area (Å²) in [6, 6.07) is 19.3. The third-order valence-corrected chi connectivity index (χ3v) is 4.21. The van der Waals surface area contributed by atoms with Crippen LogP contribution in [0.2, 0.25) is 0 Å². The molecule has 0 bridgehead atoms. The number of amides is 1. The Kier molecular flexibility index (Phi) is 3.74. The molecule has 0 fully saturated rings. The molecule has 25 heavy (non-hydrogen) atoms. The summed E-state index contributed by atoms with van der Waals surface area (Å²) < 4.78 is 1.90. The second-order valence-electron chi connectivity index (χ2n) is 5.79. The van der Waals surface area contributed by atoms with Crippen molar-refractivity contribution in [3.8, 4) is 5.69 Å². The normalized spacial score (nSPS) is 10.9. The van der Waals surface area contributed by atoms with Crippen LogP contribution in [0.15, 0.2) is 73.2 Å². The summed E-state index contributed by atoms with van der Waals surface area (Å²) in [6.45, 7) is 0. The summed E-state index contributed by atoms with van der Waals surface area (Å²) in [5.41, 5.74) is 10.5. The number of aromatic nitrogens is 3. The average molecular weight is 328 g/mol. The first-order valence-electron chi connectivity index (χ1n) is 7.98. The lowest BCUT2D eigenvalue weighted by molar-refractivity contribution is 0.0999. The lowest BCUT2D eigenvalue weighted by Crippen LogP contribution is -2.16. The Morgan fingerprint density at radius 2 is 1.80 bits per heavy atom. The van der Waals surface area contributed by atoms with Crippen molar-refractivity contribution in [3.63, 3.8) is 0 Å². The summed E-state index contributed by atoms with van der Waals surface area (Å²) in [7, 11) is 0. The van der Waals surface area contributed by atoms with Gasteiger partial charge in [-0.25, -0.2) is 9.97 Å². The molecule has 122 valence electrons. The predicted molar refractivity (Wildman–Crippen MR) is 96.6 cm³/mol. The number of carbonyl (C=O) groups is 1. The number of pyridine rings is 1. The zero-order valence-corrected chi connectivity index (χ0v) is 13.5. The molecule has 5 heteroatoms. The minimum Gasteiger partial charge on any atom is -0.366 e. The highest BCUT2D eigenvalue weighted by molar-refractivity contribution is 5.95. The molecule has 0 saturated carbocycles. The molecule has 0 atom stereocenters. The van der Waals surface area contributed by atoms with E-state index in [4.69, 9.17) is 5.73 Å². The van der Waals surface area contributed by atoms with Gasteiger partial charge in [-0.05, 0) is 35.4 Å². The van der Waals surface area contributed by atoms with E-state index in [2.05, 4.69) is 9.97 Å². The minimum absolute atomic E-state index is 0.440. The zero-order chi connectivity index (χ0) is 17.2. The molecule has 0 aliphatic carbocycles. The van der Waals surface area contributed by atoms with Crippen LogP contribution >= 0.6 is 0 Å². The van der Waals surface area contributed by atoms with Gasteiger partial charge in [-0.2, -0.15) is 0 Å². The van der Waals surface area contributed by atoms with E-state index in [1.165, 1.54) is 0 Å². The molecular formula is C20H16N4O. The second-order valence-corrected chi connectivity index (χ2v) is 5.79. The Morgan fingerprint density at radius 1 is 0.960 bits per heavy atom. The topological polar surface area (TPSA) is 73.8 Å². The van der Waals surface area contributed by atoms with Crippen LogP contribution in [0.1, 0.15) is 21.5 Å². The van der Waals surface area contributed by atoms with Crippen LogP contribution in [-0.2, 0) is 6.42 Å². The molecule has 0 spiro atoms. The maximum absolute atomic E-state index is 12.0. The molecule has 5 nitrogen and oxygen atoms in total. The highest BCUT2D eigenvalue weighted by atomic mass is 16.1. The molecule has 1 amide bonds. The van der Waals surface area contributed by atoms with Gasteiger partial charge in [0.2, 0.25) is 5.91 Å². The number of hydrogen-bond donors (Lipinski definition) is 1. The summed E-state index contributed by atoms with van der Waals surface area (Å²) in [5.74, 6) is -0.440. The summed E-state index contributed by atoms with van der Waals surface area (Å²) in [4.78, 5) is 20.8. The number of rotatable bonds is 4. The number of nitrogens with zero attached hydrogens (tertiary/aromatic N) is 3. The Labute approximate surface area is 144 Å². The van der Waals surface area contributed by atoms with E-state index < -0.39 is 5.91 Å². The van der Waals surface area contributed by atoms with Crippen LogP contribution in [0.25, 0.3) is 16.9 Å². The molecule has 0 saturated heterocycles. The van der Waals surface area contributed by atoms with Gasteiger partial charge in [-0.15, -0.1) is 0 Å². The fourth-order valence-electron chi connectivity index (χ4n) is 3.04. The van der Waals surface area contributed by atoms with Crippen molar-refractivity contribution in [1.29, 1.82) is 0 Å². The Hall–Kier alpha value is -3.47. The Bertz CT molecular complexity index is 1050. The van der Waals surface area contributed by atoms with Crippen LogP contribution < -0.4 is 5.73 Å². The third kappa shape index (κ3) is 2.76. The van der Waals surface area contributed by atoms with E-state index in [0.29, 0.717) is 12.0 Å². The zero-order valence-electron chi connectivity index (χ0n) is 13.5. The molecule has 2 N–H and O–H groups in total. The number of carbonyl (C=O) groups excluding carboxylic acids is 1. The SMILES string of the molecule is NC(=O)c1cccc(-n2cnc3cccnc32)c1Cc1ccccc1. The Balaban J connectivity index is 1.93. The van der Waals surface area contributed by atoms with Crippen molar-refractivity contribution in [2.75, 3.05) is 0 Å². The van der Waals surface area contributed by atoms with E-state index in [1.54, 1.807) is 18.6 Å². The molecule has 4 rings (SSSR count). The molecule has 4 aromatic rings. The summed E-state index contributed by atoms with van der Waals surface area (Å²) in [6.07, 6.45) is 4.06. The first-order chi connectivity index (χ1) is 12.2. The van der Waals surface area contributed by atoms with Crippen molar-refractivity contribution in [2.24, 2.45) is 5.73 Å². The van der Waals surface area contributed by atoms with E-state index in [-0.39, 0.29) is 0 Å². The quantitative estimate of drug-likeness (QED) is 0.625. The summed E-state index contributed by atoms with van der Waals surface area (Å²) >= 11 is 0. The van der Waals surface area contributed by atoms with Crippen LogP contribution in [0.5, 0.6) is 0 Å². The number of fused-ring (bicyclic) bond motifs is 1. The monoisotopic (exact) mass is 328 g/mol.